The largest absolute Gasteiger partial charge is 0.285 e. The van der Waals surface area contributed by atoms with E-state index in [1.54, 1.807) is 0 Å². The second-order valence-corrected chi connectivity index (χ2v) is 8.54. The van der Waals surface area contributed by atoms with Crippen LogP contribution in [0, 0.1) is 0 Å². The minimum atomic E-state index is -3.71. The highest BCUT2D eigenvalue weighted by Gasteiger charge is 2.38. The second-order valence-electron chi connectivity index (χ2n) is 5.84. The predicted molar refractivity (Wildman–Crippen MR) is 95.3 cm³/mol. The van der Waals surface area contributed by atoms with E-state index in [0.29, 0.717) is 29.5 Å². The van der Waals surface area contributed by atoms with Crippen LogP contribution in [0.1, 0.15) is 24.7 Å². The van der Waals surface area contributed by atoms with Gasteiger partial charge in [-0.3, -0.25) is 4.40 Å². The molecule has 130 valence electrons. The topological polar surface area (TPSA) is 67.6 Å². The van der Waals surface area contributed by atoms with Crippen LogP contribution in [0.25, 0.3) is 5.65 Å². The van der Waals surface area contributed by atoms with Gasteiger partial charge in [0.25, 0.3) is 0 Å². The lowest BCUT2D eigenvalue weighted by Gasteiger charge is -2.23. The molecule has 2 aromatic heterocycles. The van der Waals surface area contributed by atoms with Crippen LogP contribution < -0.4 is 0 Å². The summed E-state index contributed by atoms with van der Waals surface area (Å²) in [5, 5.41) is 8.89. The zero-order valence-electron chi connectivity index (χ0n) is 13.0. The minimum absolute atomic E-state index is 0.127. The summed E-state index contributed by atoms with van der Waals surface area (Å²) in [7, 11) is -3.71. The number of fused-ring (bicyclic) bond motifs is 1. The summed E-state index contributed by atoms with van der Waals surface area (Å²) in [6, 6.07) is 9.56. The van der Waals surface area contributed by atoms with Gasteiger partial charge in [-0.25, -0.2) is 8.42 Å². The molecule has 0 radical (unpaired) electrons. The zero-order chi connectivity index (χ0) is 17.6. The van der Waals surface area contributed by atoms with E-state index in [1.165, 1.54) is 22.5 Å². The first-order valence-corrected chi connectivity index (χ1v) is 9.94. The quantitative estimate of drug-likeness (QED) is 0.678. The maximum absolute atomic E-state index is 13.1. The van der Waals surface area contributed by atoms with E-state index in [2.05, 4.69) is 10.2 Å². The molecule has 0 bridgehead atoms. The van der Waals surface area contributed by atoms with Crippen molar-refractivity contribution in [3.8, 4) is 0 Å². The molecule has 3 heterocycles. The minimum Gasteiger partial charge on any atom is -0.285 e. The number of rotatable bonds is 3. The highest BCUT2D eigenvalue weighted by atomic mass is 35.5. The van der Waals surface area contributed by atoms with E-state index in [4.69, 9.17) is 23.2 Å². The molecule has 1 aliphatic heterocycles. The molecule has 1 fully saturated rings. The van der Waals surface area contributed by atoms with Gasteiger partial charge in [-0.15, -0.1) is 10.2 Å². The maximum Gasteiger partial charge on any atom is 0.243 e. The Morgan fingerprint density at radius 2 is 1.92 bits per heavy atom. The molecule has 1 aromatic carbocycles. The predicted octanol–water partition coefficient (Wildman–Crippen LogP) is 3.56. The number of benzene rings is 1. The van der Waals surface area contributed by atoms with Crippen LogP contribution in [0.2, 0.25) is 10.0 Å². The molecule has 1 unspecified atom stereocenters. The molecule has 1 saturated heterocycles. The summed E-state index contributed by atoms with van der Waals surface area (Å²) in [5.41, 5.74) is 0.691. The van der Waals surface area contributed by atoms with Crippen LogP contribution in [-0.4, -0.2) is 33.9 Å². The normalized spacial score (nSPS) is 18.9. The van der Waals surface area contributed by atoms with Crippen molar-refractivity contribution < 1.29 is 8.42 Å². The fourth-order valence-corrected chi connectivity index (χ4v) is 5.19. The van der Waals surface area contributed by atoms with E-state index in [0.717, 1.165) is 6.42 Å². The van der Waals surface area contributed by atoms with Crippen molar-refractivity contribution in [2.24, 2.45) is 0 Å². The van der Waals surface area contributed by atoms with Crippen LogP contribution >= 0.6 is 23.2 Å². The highest BCUT2D eigenvalue weighted by Crippen LogP contribution is 2.37. The lowest BCUT2D eigenvalue weighted by Crippen LogP contribution is -2.31. The number of aromatic nitrogens is 3. The first kappa shape index (κ1) is 16.8. The first-order valence-electron chi connectivity index (χ1n) is 7.75. The molecule has 25 heavy (non-hydrogen) atoms. The Bertz CT molecular complexity index is 1050. The van der Waals surface area contributed by atoms with Gasteiger partial charge >= 0.3 is 0 Å². The average Bonchev–Trinajstić information content (AvgIpc) is 3.23. The van der Waals surface area contributed by atoms with Crippen LogP contribution in [0.4, 0.5) is 0 Å². The SMILES string of the molecule is O=S(=O)(c1ccc(Cl)c(Cl)c1)N1CCCC1c1nnc2ccccn12. The fraction of sp³-hybridized carbons (Fsp3) is 0.250. The van der Waals surface area contributed by atoms with Crippen LogP contribution in [0.5, 0.6) is 0 Å². The molecule has 0 amide bonds. The molecule has 4 rings (SSSR count). The van der Waals surface area contributed by atoms with Crippen LogP contribution in [0.15, 0.2) is 47.5 Å². The van der Waals surface area contributed by atoms with Gasteiger partial charge < -0.3 is 0 Å². The molecule has 0 spiro atoms. The van der Waals surface area contributed by atoms with Crippen molar-refractivity contribution in [3.05, 3.63) is 58.5 Å². The third-order valence-corrected chi connectivity index (χ3v) is 6.98. The van der Waals surface area contributed by atoms with Gasteiger partial charge in [-0.1, -0.05) is 29.3 Å². The maximum atomic E-state index is 13.1. The molecular weight excluding hydrogens is 383 g/mol. The van der Waals surface area contributed by atoms with E-state index >= 15 is 0 Å². The molecule has 0 saturated carbocycles. The molecule has 3 aromatic rings. The van der Waals surface area contributed by atoms with E-state index in [-0.39, 0.29) is 16.0 Å². The summed E-state index contributed by atoms with van der Waals surface area (Å²) in [4.78, 5) is 0.127. The van der Waals surface area contributed by atoms with Gasteiger partial charge in [0.15, 0.2) is 11.5 Å². The number of halogens is 2. The van der Waals surface area contributed by atoms with Gasteiger partial charge in [-0.05, 0) is 43.2 Å². The van der Waals surface area contributed by atoms with Gasteiger partial charge in [-0.2, -0.15) is 4.31 Å². The Morgan fingerprint density at radius 1 is 1.08 bits per heavy atom. The van der Waals surface area contributed by atoms with Gasteiger partial charge in [0.1, 0.15) is 0 Å². The average molecular weight is 397 g/mol. The van der Waals surface area contributed by atoms with Crippen molar-refractivity contribution in [2.45, 2.75) is 23.8 Å². The van der Waals surface area contributed by atoms with Crippen LogP contribution in [0.3, 0.4) is 0 Å². The van der Waals surface area contributed by atoms with Gasteiger partial charge in [0, 0.05) is 12.7 Å². The Hall–Kier alpha value is -1.67. The van der Waals surface area contributed by atoms with Crippen molar-refractivity contribution in [2.75, 3.05) is 6.54 Å². The Labute approximate surface area is 155 Å². The van der Waals surface area contributed by atoms with Crippen molar-refractivity contribution in [3.63, 3.8) is 0 Å². The lowest BCUT2D eigenvalue weighted by atomic mass is 10.2. The molecular formula is C16H14Cl2N4O2S. The molecule has 9 heteroatoms. The number of pyridine rings is 1. The summed E-state index contributed by atoms with van der Waals surface area (Å²) >= 11 is 11.9. The monoisotopic (exact) mass is 396 g/mol. The van der Waals surface area contributed by atoms with Crippen molar-refractivity contribution in [1.29, 1.82) is 0 Å². The Morgan fingerprint density at radius 3 is 2.72 bits per heavy atom. The summed E-state index contributed by atoms with van der Waals surface area (Å²) in [6.45, 7) is 0.426. The second kappa shape index (κ2) is 6.25. The summed E-state index contributed by atoms with van der Waals surface area (Å²) in [5.74, 6) is 0.622. The number of hydrogen-bond acceptors (Lipinski definition) is 4. The van der Waals surface area contributed by atoms with Gasteiger partial charge in [0.05, 0.1) is 21.0 Å². The van der Waals surface area contributed by atoms with E-state index in [9.17, 15) is 8.42 Å². The Balaban J connectivity index is 1.77. The fourth-order valence-electron chi connectivity index (χ4n) is 3.15. The van der Waals surface area contributed by atoms with Crippen molar-refractivity contribution >= 4 is 38.9 Å². The Kier molecular flexibility index (Phi) is 4.19. The zero-order valence-corrected chi connectivity index (χ0v) is 15.3. The molecule has 0 N–H and O–H groups in total. The lowest BCUT2D eigenvalue weighted by molar-refractivity contribution is 0.381. The molecule has 1 aliphatic rings. The van der Waals surface area contributed by atoms with E-state index in [1.807, 2.05) is 28.8 Å². The number of sulfonamides is 1. The standard InChI is InChI=1S/C16H14Cl2N4O2S/c17-12-7-6-11(10-13(12)18)25(23,24)22-9-3-4-14(22)16-20-19-15-5-1-2-8-21(15)16/h1-2,5-8,10,14H,3-4,9H2. The number of nitrogens with zero attached hydrogens (tertiary/aromatic N) is 4. The smallest absolute Gasteiger partial charge is 0.243 e. The molecule has 0 aliphatic carbocycles. The highest BCUT2D eigenvalue weighted by molar-refractivity contribution is 7.89. The van der Waals surface area contributed by atoms with Gasteiger partial charge in [0.2, 0.25) is 10.0 Å². The summed E-state index contributed by atoms with van der Waals surface area (Å²) < 4.78 is 29.5. The third kappa shape index (κ3) is 2.81. The van der Waals surface area contributed by atoms with E-state index < -0.39 is 10.0 Å². The van der Waals surface area contributed by atoms with Crippen molar-refractivity contribution in [1.82, 2.24) is 18.9 Å². The first-order chi connectivity index (χ1) is 12.0. The number of hydrogen-bond donors (Lipinski definition) is 0. The molecule has 6 nitrogen and oxygen atoms in total. The summed E-state index contributed by atoms with van der Waals surface area (Å²) in [6.07, 6.45) is 3.29. The van der Waals surface area contributed by atoms with Crippen LogP contribution in [-0.2, 0) is 10.0 Å². The third-order valence-electron chi connectivity index (χ3n) is 4.34. The molecule has 1 atom stereocenters.